The van der Waals surface area contributed by atoms with E-state index in [4.69, 9.17) is 4.74 Å². The number of aryl methyl sites for hydroxylation is 1. The first-order chi connectivity index (χ1) is 7.92. The Hall–Kier alpha value is -2.11. The number of benzene rings is 1. The van der Waals surface area contributed by atoms with Crippen molar-refractivity contribution in [1.82, 2.24) is 0 Å². The standard InChI is InChI=1S/C11H11NO5/c1-7-3-4-9-8(5-7)10(13)11(2,6-16-9)17-12(14)15/h3-5H,6H2,1-2H3. The van der Waals surface area contributed by atoms with Crippen molar-refractivity contribution in [3.05, 3.63) is 39.4 Å². The third-order valence-corrected chi connectivity index (χ3v) is 2.64. The first kappa shape index (κ1) is 11.4. The molecule has 0 N–H and O–H groups in total. The number of rotatable bonds is 2. The first-order valence-electron chi connectivity index (χ1n) is 5.04. The summed E-state index contributed by atoms with van der Waals surface area (Å²) in [6.07, 6.45) is 0. The fraction of sp³-hybridized carbons (Fsp3) is 0.364. The van der Waals surface area contributed by atoms with Crippen molar-refractivity contribution in [1.29, 1.82) is 0 Å². The Kier molecular flexibility index (Phi) is 2.49. The Morgan fingerprint density at radius 2 is 2.24 bits per heavy atom. The number of ether oxygens (including phenoxy) is 1. The van der Waals surface area contributed by atoms with Crippen molar-refractivity contribution in [2.45, 2.75) is 19.4 Å². The number of hydrogen-bond acceptors (Lipinski definition) is 5. The van der Waals surface area contributed by atoms with Crippen LogP contribution >= 0.6 is 0 Å². The Morgan fingerprint density at radius 3 is 2.88 bits per heavy atom. The summed E-state index contributed by atoms with van der Waals surface area (Å²) in [6, 6.07) is 5.12. The highest BCUT2D eigenvalue weighted by molar-refractivity contribution is 6.05. The van der Waals surface area contributed by atoms with Gasteiger partial charge in [-0.2, -0.15) is 0 Å². The summed E-state index contributed by atoms with van der Waals surface area (Å²) < 4.78 is 5.32. The number of ketones is 1. The molecule has 0 spiro atoms. The monoisotopic (exact) mass is 237 g/mol. The van der Waals surface area contributed by atoms with Gasteiger partial charge in [-0.3, -0.25) is 9.63 Å². The molecular formula is C11H11NO5. The lowest BCUT2D eigenvalue weighted by atomic mass is 9.91. The normalized spacial score (nSPS) is 22.6. The third-order valence-electron chi connectivity index (χ3n) is 2.64. The predicted octanol–water partition coefficient (Wildman–Crippen LogP) is 1.54. The molecule has 17 heavy (non-hydrogen) atoms. The Bertz CT molecular complexity index is 499. The zero-order chi connectivity index (χ0) is 12.6. The zero-order valence-corrected chi connectivity index (χ0v) is 9.43. The molecular weight excluding hydrogens is 226 g/mol. The van der Waals surface area contributed by atoms with Gasteiger partial charge in [-0.1, -0.05) is 11.6 Å². The van der Waals surface area contributed by atoms with Crippen molar-refractivity contribution in [2.75, 3.05) is 6.61 Å². The molecule has 6 nitrogen and oxygen atoms in total. The highest BCUT2D eigenvalue weighted by Crippen LogP contribution is 2.31. The van der Waals surface area contributed by atoms with E-state index in [1.807, 2.05) is 13.0 Å². The second kappa shape index (κ2) is 3.73. The van der Waals surface area contributed by atoms with E-state index in [0.29, 0.717) is 11.3 Å². The van der Waals surface area contributed by atoms with Gasteiger partial charge in [0.2, 0.25) is 11.4 Å². The van der Waals surface area contributed by atoms with E-state index in [9.17, 15) is 14.9 Å². The van der Waals surface area contributed by atoms with Gasteiger partial charge < -0.3 is 4.74 Å². The van der Waals surface area contributed by atoms with Gasteiger partial charge >= 0.3 is 0 Å². The fourth-order valence-electron chi connectivity index (χ4n) is 1.75. The molecule has 0 aromatic heterocycles. The molecule has 0 fully saturated rings. The molecule has 1 aliphatic heterocycles. The first-order valence-corrected chi connectivity index (χ1v) is 5.04. The van der Waals surface area contributed by atoms with Gasteiger partial charge in [-0.25, -0.2) is 0 Å². The van der Waals surface area contributed by atoms with E-state index in [0.717, 1.165) is 5.56 Å². The highest BCUT2D eigenvalue weighted by atomic mass is 17.0. The molecule has 2 rings (SSSR count). The van der Waals surface area contributed by atoms with E-state index >= 15 is 0 Å². The van der Waals surface area contributed by atoms with Crippen LogP contribution in [-0.2, 0) is 4.84 Å². The van der Waals surface area contributed by atoms with Crippen LogP contribution < -0.4 is 4.74 Å². The van der Waals surface area contributed by atoms with Gasteiger partial charge in [0.25, 0.3) is 5.09 Å². The van der Waals surface area contributed by atoms with Crippen molar-refractivity contribution >= 4 is 5.78 Å². The summed E-state index contributed by atoms with van der Waals surface area (Å²) >= 11 is 0. The highest BCUT2D eigenvalue weighted by Gasteiger charge is 2.43. The smallest absolute Gasteiger partial charge is 0.295 e. The molecule has 6 heteroatoms. The summed E-state index contributed by atoms with van der Waals surface area (Å²) in [5, 5.41) is 9.40. The summed E-state index contributed by atoms with van der Waals surface area (Å²) in [6.45, 7) is 3.01. The average Bonchev–Trinajstić information content (AvgIpc) is 2.24. The average molecular weight is 237 g/mol. The summed E-state index contributed by atoms with van der Waals surface area (Å²) in [5.74, 6) is 0.00386. The van der Waals surface area contributed by atoms with E-state index in [1.165, 1.54) is 6.92 Å². The van der Waals surface area contributed by atoms with Crippen LogP contribution in [0.25, 0.3) is 0 Å². The van der Waals surface area contributed by atoms with Gasteiger partial charge in [-0.15, -0.1) is 10.1 Å². The van der Waals surface area contributed by atoms with E-state index < -0.39 is 16.5 Å². The van der Waals surface area contributed by atoms with Crippen LogP contribution in [0.15, 0.2) is 18.2 Å². The van der Waals surface area contributed by atoms with Gasteiger partial charge in [-0.05, 0) is 26.0 Å². The minimum atomic E-state index is -1.57. The third kappa shape index (κ3) is 1.93. The van der Waals surface area contributed by atoms with Crippen LogP contribution in [0.3, 0.4) is 0 Å². The van der Waals surface area contributed by atoms with Gasteiger partial charge in [0, 0.05) is 0 Å². The molecule has 0 bridgehead atoms. The number of hydrogen-bond donors (Lipinski definition) is 0. The lowest BCUT2D eigenvalue weighted by Crippen LogP contribution is -2.48. The number of carbonyl (C=O) groups is 1. The molecule has 90 valence electrons. The van der Waals surface area contributed by atoms with Crippen molar-refractivity contribution in [2.24, 2.45) is 0 Å². The Morgan fingerprint density at radius 1 is 1.53 bits per heavy atom. The number of Topliss-reactive ketones (excluding diaryl/α,β-unsaturated/α-hetero) is 1. The van der Waals surface area contributed by atoms with Gasteiger partial charge in [0.1, 0.15) is 12.4 Å². The predicted molar refractivity (Wildman–Crippen MR) is 57.5 cm³/mol. The zero-order valence-electron chi connectivity index (χ0n) is 9.43. The fourth-order valence-corrected chi connectivity index (χ4v) is 1.75. The molecule has 0 radical (unpaired) electrons. The molecule has 0 saturated heterocycles. The lowest BCUT2D eigenvalue weighted by molar-refractivity contribution is -0.775. The molecule has 1 aromatic carbocycles. The van der Waals surface area contributed by atoms with Crippen LogP contribution in [0.2, 0.25) is 0 Å². The quantitative estimate of drug-likeness (QED) is 0.575. The van der Waals surface area contributed by atoms with Crippen LogP contribution in [0.1, 0.15) is 22.8 Å². The SMILES string of the molecule is Cc1ccc2c(c1)C(=O)C(C)(O[N+](=O)[O-])CO2. The second-order valence-electron chi connectivity index (χ2n) is 4.16. The largest absolute Gasteiger partial charge is 0.490 e. The number of fused-ring (bicyclic) bond motifs is 1. The maximum Gasteiger partial charge on any atom is 0.295 e. The minimum Gasteiger partial charge on any atom is -0.490 e. The summed E-state index contributed by atoms with van der Waals surface area (Å²) in [4.78, 5) is 26.9. The van der Waals surface area contributed by atoms with Crippen molar-refractivity contribution in [3.8, 4) is 5.75 Å². The second-order valence-corrected chi connectivity index (χ2v) is 4.16. The Labute approximate surface area is 97.2 Å². The van der Waals surface area contributed by atoms with Crippen LogP contribution in [-0.4, -0.2) is 23.1 Å². The topological polar surface area (TPSA) is 78.7 Å². The lowest BCUT2D eigenvalue weighted by Gasteiger charge is -2.31. The Balaban J connectivity index is 2.41. The van der Waals surface area contributed by atoms with E-state index in [-0.39, 0.29) is 6.61 Å². The minimum absolute atomic E-state index is 0.164. The molecule has 0 aliphatic carbocycles. The van der Waals surface area contributed by atoms with Crippen molar-refractivity contribution < 1.29 is 19.5 Å². The summed E-state index contributed by atoms with van der Waals surface area (Å²) in [7, 11) is 0. The number of carbonyl (C=O) groups excluding carboxylic acids is 1. The molecule has 1 atom stereocenters. The maximum atomic E-state index is 12.1. The van der Waals surface area contributed by atoms with E-state index in [2.05, 4.69) is 4.84 Å². The molecule has 0 amide bonds. The van der Waals surface area contributed by atoms with E-state index in [1.54, 1.807) is 12.1 Å². The van der Waals surface area contributed by atoms with Gasteiger partial charge in [0.05, 0.1) is 5.56 Å². The van der Waals surface area contributed by atoms with Crippen LogP contribution in [0, 0.1) is 17.0 Å². The maximum absolute atomic E-state index is 12.1. The van der Waals surface area contributed by atoms with Crippen LogP contribution in [0.5, 0.6) is 5.75 Å². The van der Waals surface area contributed by atoms with Crippen LogP contribution in [0.4, 0.5) is 0 Å². The summed E-state index contributed by atoms with van der Waals surface area (Å²) in [5.41, 5.74) is -0.365. The van der Waals surface area contributed by atoms with Crippen molar-refractivity contribution in [3.63, 3.8) is 0 Å². The molecule has 1 aromatic rings. The van der Waals surface area contributed by atoms with Gasteiger partial charge in [0.15, 0.2) is 0 Å². The molecule has 0 saturated carbocycles. The molecule has 1 heterocycles. The molecule has 1 unspecified atom stereocenters. The number of nitrogens with zero attached hydrogens (tertiary/aromatic N) is 1. The molecule has 1 aliphatic rings.